The third-order valence-electron chi connectivity index (χ3n) is 10.9. The van der Waals surface area contributed by atoms with Gasteiger partial charge < -0.3 is 88.6 Å². The fourth-order valence-electron chi connectivity index (χ4n) is 8.10. The summed E-state index contributed by atoms with van der Waals surface area (Å²) in [5.41, 5.74) is 0.459. The van der Waals surface area contributed by atoms with Gasteiger partial charge in [0.1, 0.15) is 55.4 Å². The summed E-state index contributed by atoms with van der Waals surface area (Å²) in [4.78, 5) is 38.1. The van der Waals surface area contributed by atoms with Crippen LogP contribution in [0.3, 0.4) is 0 Å². The van der Waals surface area contributed by atoms with Gasteiger partial charge in [0.05, 0.1) is 61.4 Å². The number of carbonyl (C=O) groups excluding carboxylic acids is 3. The number of ether oxygens (including phenoxy) is 9. The SMILES string of the molecule is CC(=O)OCC1=CC(O)C2C(C(=O)OC3C(OC4OC=C5C(=O)OC6C=C(CO)C4C56)OC(CO)C(O)C3O)=COC(OC3OC(CO)C(O)C(O)C3O)C12. The standard InChI is InChI=1S/C34H42O21/c1-10(38)47-7-12-2-15(39)21-13(8-48-32(20(12)21)54-33-27(44)25(42)23(40)17(5-36)51-33)30(46)53-28-26(43)24(41)18(6-37)52-34(28)55-31-19-11(4-35)3-16-22(19)14(9-49-31)29(45)50-16/h2-3,8-9,15-28,31-37,39-44H,4-7H2,1H3. The lowest BCUT2D eigenvalue weighted by Gasteiger charge is -2.44. The molecule has 21 nitrogen and oxygen atoms in total. The highest BCUT2D eigenvalue weighted by Gasteiger charge is 2.58. The summed E-state index contributed by atoms with van der Waals surface area (Å²) in [5.74, 6) is -6.35. The van der Waals surface area contributed by atoms with E-state index in [-0.39, 0.29) is 16.7 Å². The van der Waals surface area contributed by atoms with Crippen LogP contribution in [0.25, 0.3) is 0 Å². The van der Waals surface area contributed by atoms with Crippen molar-refractivity contribution in [3.8, 4) is 0 Å². The van der Waals surface area contributed by atoms with Crippen molar-refractivity contribution in [2.45, 2.75) is 93.1 Å². The van der Waals surface area contributed by atoms with Crippen LogP contribution in [0.2, 0.25) is 0 Å². The molecule has 0 aromatic carbocycles. The molecular weight excluding hydrogens is 744 g/mol. The van der Waals surface area contributed by atoms with Gasteiger partial charge in [-0.1, -0.05) is 6.08 Å². The molecule has 2 aliphatic carbocycles. The summed E-state index contributed by atoms with van der Waals surface area (Å²) < 4.78 is 50.7. The van der Waals surface area contributed by atoms with Gasteiger partial charge in [-0.2, -0.15) is 0 Å². The van der Waals surface area contributed by atoms with Gasteiger partial charge in [-0.25, -0.2) is 9.59 Å². The van der Waals surface area contributed by atoms with Crippen LogP contribution in [0.4, 0.5) is 0 Å². The van der Waals surface area contributed by atoms with E-state index in [4.69, 9.17) is 42.6 Å². The molecule has 304 valence electrons. The van der Waals surface area contributed by atoms with Crippen molar-refractivity contribution in [3.63, 3.8) is 0 Å². The molecule has 0 aromatic rings. The van der Waals surface area contributed by atoms with E-state index in [9.17, 15) is 60.3 Å². The minimum absolute atomic E-state index is 0.197. The van der Waals surface area contributed by atoms with Crippen molar-refractivity contribution in [3.05, 3.63) is 47.0 Å². The van der Waals surface area contributed by atoms with Crippen molar-refractivity contribution in [1.82, 2.24) is 0 Å². The topological polar surface area (TPSA) is 316 Å². The van der Waals surface area contributed by atoms with Gasteiger partial charge in [0.25, 0.3) is 0 Å². The van der Waals surface area contributed by atoms with Crippen LogP contribution in [-0.2, 0) is 57.0 Å². The van der Waals surface area contributed by atoms with E-state index in [0.29, 0.717) is 5.57 Å². The lowest BCUT2D eigenvalue weighted by atomic mass is 9.82. The monoisotopic (exact) mass is 786 g/mol. The van der Waals surface area contributed by atoms with E-state index in [1.165, 1.54) is 6.08 Å². The van der Waals surface area contributed by atoms with Gasteiger partial charge in [-0.3, -0.25) is 4.79 Å². The summed E-state index contributed by atoms with van der Waals surface area (Å²) in [7, 11) is 0. The Hall–Kier alpha value is -3.55. The van der Waals surface area contributed by atoms with Gasteiger partial charge in [-0.15, -0.1) is 0 Å². The Labute approximate surface area is 311 Å². The van der Waals surface area contributed by atoms with E-state index < -0.39 is 154 Å². The molecule has 0 spiro atoms. The smallest absolute Gasteiger partial charge is 0.338 e. The predicted octanol–water partition coefficient (Wildman–Crippen LogP) is -5.16. The molecule has 18 unspecified atom stereocenters. The fraction of sp³-hybridized carbons (Fsp3) is 0.676. The lowest BCUT2D eigenvalue weighted by Crippen LogP contribution is -2.61. The first-order valence-electron chi connectivity index (χ1n) is 17.5. The Balaban J connectivity index is 1.14. The van der Waals surface area contributed by atoms with Gasteiger partial charge in [-0.05, 0) is 17.2 Å². The van der Waals surface area contributed by atoms with Crippen molar-refractivity contribution in [1.29, 1.82) is 0 Å². The molecule has 21 heteroatoms. The lowest BCUT2D eigenvalue weighted by molar-refractivity contribution is -0.342. The molecule has 7 aliphatic rings. The molecule has 3 fully saturated rings. The molecule has 0 amide bonds. The molecule has 0 radical (unpaired) electrons. The third-order valence-corrected chi connectivity index (χ3v) is 10.9. The second kappa shape index (κ2) is 15.8. The number of carbonyl (C=O) groups is 3. The molecule has 5 aliphatic heterocycles. The van der Waals surface area contributed by atoms with Gasteiger partial charge >= 0.3 is 17.9 Å². The maximum absolute atomic E-state index is 14.0. The van der Waals surface area contributed by atoms with Crippen LogP contribution in [0, 0.1) is 23.7 Å². The van der Waals surface area contributed by atoms with E-state index >= 15 is 0 Å². The molecular formula is C34H42O21. The summed E-state index contributed by atoms with van der Waals surface area (Å²) in [6, 6.07) is 0. The first kappa shape index (κ1) is 39.7. The zero-order valence-electron chi connectivity index (χ0n) is 29.0. The van der Waals surface area contributed by atoms with E-state index in [1.807, 2.05) is 0 Å². The maximum atomic E-state index is 14.0. The molecule has 3 saturated heterocycles. The Kier molecular flexibility index (Phi) is 11.4. The highest BCUT2D eigenvalue weighted by molar-refractivity contribution is 5.92. The maximum Gasteiger partial charge on any atom is 0.338 e. The Morgan fingerprint density at radius 3 is 1.98 bits per heavy atom. The summed E-state index contributed by atoms with van der Waals surface area (Å²) in [5, 5.41) is 93.9. The van der Waals surface area contributed by atoms with Crippen molar-refractivity contribution in [2.75, 3.05) is 26.4 Å². The number of hydrogen-bond acceptors (Lipinski definition) is 21. The Bertz CT molecular complexity index is 1620. The van der Waals surface area contributed by atoms with Crippen LogP contribution < -0.4 is 0 Å². The number of hydrogen-bond donors (Lipinski definition) is 9. The summed E-state index contributed by atoms with van der Waals surface area (Å²) >= 11 is 0. The van der Waals surface area contributed by atoms with Gasteiger partial charge in [0, 0.05) is 18.8 Å². The minimum atomic E-state index is -1.94. The molecule has 18 atom stereocenters. The summed E-state index contributed by atoms with van der Waals surface area (Å²) in [6.45, 7) is -1.28. The second-order valence-corrected chi connectivity index (χ2v) is 14.1. The first-order valence-corrected chi connectivity index (χ1v) is 17.5. The molecule has 0 saturated carbocycles. The number of aliphatic hydroxyl groups excluding tert-OH is 9. The van der Waals surface area contributed by atoms with E-state index in [2.05, 4.69) is 0 Å². The van der Waals surface area contributed by atoms with Crippen molar-refractivity contribution < 1.29 is 103 Å². The highest BCUT2D eigenvalue weighted by atomic mass is 16.8. The molecule has 55 heavy (non-hydrogen) atoms. The van der Waals surface area contributed by atoms with Crippen molar-refractivity contribution in [2.24, 2.45) is 23.7 Å². The minimum Gasteiger partial charge on any atom is -0.471 e. The predicted molar refractivity (Wildman–Crippen MR) is 169 cm³/mol. The highest BCUT2D eigenvalue weighted by Crippen LogP contribution is 2.50. The number of fused-ring (bicyclic) bond motifs is 1. The molecule has 0 aromatic heterocycles. The van der Waals surface area contributed by atoms with Gasteiger partial charge in [0.2, 0.25) is 18.9 Å². The average Bonchev–Trinajstić information content (AvgIpc) is 3.81. The van der Waals surface area contributed by atoms with E-state index in [0.717, 1.165) is 19.4 Å². The Morgan fingerprint density at radius 2 is 1.33 bits per heavy atom. The zero-order valence-corrected chi connectivity index (χ0v) is 29.0. The van der Waals surface area contributed by atoms with E-state index in [1.54, 1.807) is 6.08 Å². The van der Waals surface area contributed by atoms with Gasteiger partial charge in [0.15, 0.2) is 12.4 Å². The number of esters is 3. The van der Waals surface area contributed by atoms with Crippen molar-refractivity contribution >= 4 is 17.9 Å². The number of rotatable bonds is 11. The third kappa shape index (κ3) is 7.07. The van der Waals surface area contributed by atoms with Crippen LogP contribution in [0.15, 0.2) is 47.0 Å². The van der Waals surface area contributed by atoms with Crippen LogP contribution in [-0.4, -0.2) is 176 Å². The van der Waals surface area contributed by atoms with Crippen LogP contribution in [0.5, 0.6) is 0 Å². The normalized spacial score (nSPS) is 44.4. The number of aliphatic hydroxyl groups is 9. The molecule has 5 heterocycles. The van der Waals surface area contributed by atoms with Crippen LogP contribution >= 0.6 is 0 Å². The first-order chi connectivity index (χ1) is 26.3. The fourth-order valence-corrected chi connectivity index (χ4v) is 8.10. The zero-order chi connectivity index (χ0) is 39.5. The molecule has 9 N–H and O–H groups in total. The average molecular weight is 787 g/mol. The largest absolute Gasteiger partial charge is 0.471 e. The quantitative estimate of drug-likeness (QED) is 0.0537. The van der Waals surface area contributed by atoms with Crippen LogP contribution in [0.1, 0.15) is 6.92 Å². The molecule has 0 bridgehead atoms. The second-order valence-electron chi connectivity index (χ2n) is 14.1. The molecule has 7 rings (SSSR count). The Morgan fingerprint density at radius 1 is 0.709 bits per heavy atom. The summed E-state index contributed by atoms with van der Waals surface area (Å²) in [6.07, 6.45) is -17.3.